The van der Waals surface area contributed by atoms with Crippen LogP contribution in [-0.2, 0) is 17.1 Å². The van der Waals surface area contributed by atoms with E-state index in [1.807, 2.05) is 23.7 Å². The highest BCUT2D eigenvalue weighted by molar-refractivity contribution is 7.92. The first kappa shape index (κ1) is 21.5. The number of anilines is 1. The number of amides is 1. The number of halogens is 1. The molecule has 3 aromatic carbocycles. The molecular weight excluding hydrogens is 431 g/mol. The third-order valence-corrected chi connectivity index (χ3v) is 6.58. The van der Waals surface area contributed by atoms with Gasteiger partial charge in [-0.3, -0.25) is 9.52 Å². The van der Waals surface area contributed by atoms with Crippen molar-refractivity contribution < 1.29 is 17.6 Å². The fraction of sp³-hybridized carbons (Fsp3) is 0.130. The number of nitrogens with zero attached hydrogens (tertiary/aromatic N) is 2. The summed E-state index contributed by atoms with van der Waals surface area (Å²) < 4.78 is 43.4. The van der Waals surface area contributed by atoms with Crippen LogP contribution in [0.5, 0.6) is 0 Å². The van der Waals surface area contributed by atoms with Crippen LogP contribution in [0.2, 0.25) is 0 Å². The van der Waals surface area contributed by atoms with Crippen molar-refractivity contribution >= 4 is 32.7 Å². The van der Waals surface area contributed by atoms with E-state index in [0.29, 0.717) is 22.6 Å². The van der Waals surface area contributed by atoms with Gasteiger partial charge in [-0.15, -0.1) is 0 Å². The standard InChI is InChI=1S/C23H21FN4O3S/c1-14-12-18(9-10-19(14)24)32(30,31)27-17-8-11-21-20(13-17)26-22(28(21)3)15-4-6-16(7-5-15)23(29)25-2/h4-13,27H,1-3H3,(H,25,29). The molecule has 0 saturated carbocycles. The van der Waals surface area contributed by atoms with Gasteiger partial charge in [-0.2, -0.15) is 0 Å². The van der Waals surface area contributed by atoms with Crippen LogP contribution in [0.15, 0.2) is 65.6 Å². The zero-order valence-corrected chi connectivity index (χ0v) is 18.5. The van der Waals surface area contributed by atoms with Crippen molar-refractivity contribution in [3.63, 3.8) is 0 Å². The monoisotopic (exact) mass is 452 g/mol. The number of carbonyl (C=O) groups is 1. The van der Waals surface area contributed by atoms with E-state index in [0.717, 1.165) is 17.1 Å². The Hall–Kier alpha value is -3.72. The Bertz CT molecular complexity index is 1440. The SMILES string of the molecule is CNC(=O)c1ccc(-c2nc3cc(NS(=O)(=O)c4ccc(F)c(C)c4)ccc3n2C)cc1. The highest BCUT2D eigenvalue weighted by Crippen LogP contribution is 2.27. The predicted octanol–water partition coefficient (Wildman–Crippen LogP) is 3.85. The van der Waals surface area contributed by atoms with E-state index in [1.54, 1.807) is 37.4 Å². The Morgan fingerprint density at radius 1 is 1.03 bits per heavy atom. The highest BCUT2D eigenvalue weighted by atomic mass is 32.2. The molecule has 0 atom stereocenters. The summed E-state index contributed by atoms with van der Waals surface area (Å²) in [5, 5.41) is 2.58. The van der Waals surface area contributed by atoms with Gasteiger partial charge in [-0.1, -0.05) is 12.1 Å². The summed E-state index contributed by atoms with van der Waals surface area (Å²) in [6.07, 6.45) is 0. The molecule has 1 heterocycles. The lowest BCUT2D eigenvalue weighted by Crippen LogP contribution is -2.17. The van der Waals surface area contributed by atoms with E-state index in [2.05, 4.69) is 15.0 Å². The van der Waals surface area contributed by atoms with E-state index in [1.165, 1.54) is 19.1 Å². The molecule has 9 heteroatoms. The molecular formula is C23H21FN4O3S. The average Bonchev–Trinajstić information content (AvgIpc) is 3.10. The molecule has 0 fully saturated rings. The molecule has 0 radical (unpaired) electrons. The van der Waals surface area contributed by atoms with Crippen LogP contribution >= 0.6 is 0 Å². The first-order valence-electron chi connectivity index (χ1n) is 9.77. The Labute approximate surface area is 185 Å². The molecule has 0 aliphatic heterocycles. The highest BCUT2D eigenvalue weighted by Gasteiger charge is 2.17. The smallest absolute Gasteiger partial charge is 0.261 e. The van der Waals surface area contributed by atoms with Crippen molar-refractivity contribution in [2.24, 2.45) is 7.05 Å². The minimum absolute atomic E-state index is 0.0191. The lowest BCUT2D eigenvalue weighted by atomic mass is 10.1. The molecule has 1 aromatic heterocycles. The summed E-state index contributed by atoms with van der Waals surface area (Å²) in [7, 11) is -0.444. The van der Waals surface area contributed by atoms with Gasteiger partial charge in [0, 0.05) is 25.2 Å². The number of aryl methyl sites for hydroxylation is 2. The lowest BCUT2D eigenvalue weighted by Gasteiger charge is -2.09. The third kappa shape index (κ3) is 3.94. The molecule has 4 aromatic rings. The van der Waals surface area contributed by atoms with Gasteiger partial charge >= 0.3 is 0 Å². The van der Waals surface area contributed by atoms with Gasteiger partial charge in [0.25, 0.3) is 15.9 Å². The van der Waals surface area contributed by atoms with Crippen molar-refractivity contribution in [1.29, 1.82) is 0 Å². The summed E-state index contributed by atoms with van der Waals surface area (Å²) in [5.74, 6) is 0.0437. The van der Waals surface area contributed by atoms with E-state index >= 15 is 0 Å². The minimum Gasteiger partial charge on any atom is -0.355 e. The van der Waals surface area contributed by atoms with Crippen LogP contribution < -0.4 is 10.0 Å². The predicted molar refractivity (Wildman–Crippen MR) is 121 cm³/mol. The number of carbonyl (C=O) groups excluding carboxylic acids is 1. The van der Waals surface area contributed by atoms with E-state index in [4.69, 9.17) is 0 Å². The summed E-state index contributed by atoms with van der Waals surface area (Å²) in [6.45, 7) is 1.51. The molecule has 0 aliphatic carbocycles. The van der Waals surface area contributed by atoms with Gasteiger partial charge in [0.1, 0.15) is 11.6 Å². The average molecular weight is 453 g/mol. The quantitative estimate of drug-likeness (QED) is 0.481. The van der Waals surface area contributed by atoms with E-state index < -0.39 is 15.8 Å². The van der Waals surface area contributed by atoms with Crippen LogP contribution in [0.1, 0.15) is 15.9 Å². The van der Waals surface area contributed by atoms with Crippen LogP contribution in [-0.4, -0.2) is 30.9 Å². The Balaban J connectivity index is 1.66. The maximum Gasteiger partial charge on any atom is 0.261 e. The lowest BCUT2D eigenvalue weighted by molar-refractivity contribution is 0.0963. The molecule has 0 saturated heterocycles. The first-order valence-corrected chi connectivity index (χ1v) is 11.3. The topological polar surface area (TPSA) is 93.1 Å². The fourth-order valence-electron chi connectivity index (χ4n) is 3.43. The molecule has 0 bridgehead atoms. The maximum absolute atomic E-state index is 13.5. The van der Waals surface area contributed by atoms with Gasteiger partial charge < -0.3 is 9.88 Å². The largest absolute Gasteiger partial charge is 0.355 e. The second-order valence-corrected chi connectivity index (χ2v) is 9.05. The number of benzene rings is 3. The molecule has 32 heavy (non-hydrogen) atoms. The molecule has 0 aliphatic rings. The van der Waals surface area contributed by atoms with Crippen LogP contribution in [0.25, 0.3) is 22.4 Å². The second kappa shape index (κ2) is 8.08. The second-order valence-electron chi connectivity index (χ2n) is 7.37. The van der Waals surface area contributed by atoms with Crippen LogP contribution in [0.3, 0.4) is 0 Å². The number of hydrogen-bond acceptors (Lipinski definition) is 4. The summed E-state index contributed by atoms with van der Waals surface area (Å²) in [5.41, 5.74) is 3.38. The molecule has 7 nitrogen and oxygen atoms in total. The molecule has 164 valence electrons. The number of hydrogen-bond donors (Lipinski definition) is 2. The number of fused-ring (bicyclic) bond motifs is 1. The zero-order valence-electron chi connectivity index (χ0n) is 17.7. The van der Waals surface area contributed by atoms with Gasteiger partial charge in [-0.05, 0) is 61.0 Å². The number of imidazole rings is 1. The maximum atomic E-state index is 13.5. The van der Waals surface area contributed by atoms with Crippen molar-refractivity contribution in [1.82, 2.24) is 14.9 Å². The Kier molecular flexibility index (Phi) is 5.43. The molecule has 0 spiro atoms. The number of aromatic nitrogens is 2. The molecule has 4 rings (SSSR count). The van der Waals surface area contributed by atoms with E-state index in [-0.39, 0.29) is 16.4 Å². The molecule has 2 N–H and O–H groups in total. The Morgan fingerprint density at radius 2 is 1.75 bits per heavy atom. The van der Waals surface area contributed by atoms with Crippen LogP contribution in [0, 0.1) is 12.7 Å². The van der Waals surface area contributed by atoms with Crippen molar-refractivity contribution in [2.45, 2.75) is 11.8 Å². The van der Waals surface area contributed by atoms with Crippen molar-refractivity contribution in [3.05, 3.63) is 77.6 Å². The molecule has 0 unspecified atom stereocenters. The van der Waals surface area contributed by atoms with Gasteiger partial charge in [0.05, 0.1) is 21.6 Å². The van der Waals surface area contributed by atoms with E-state index in [9.17, 15) is 17.6 Å². The normalized spacial score (nSPS) is 11.5. The fourth-order valence-corrected chi connectivity index (χ4v) is 4.57. The van der Waals surface area contributed by atoms with Gasteiger partial charge in [-0.25, -0.2) is 17.8 Å². The summed E-state index contributed by atoms with van der Waals surface area (Å²) in [6, 6.07) is 15.8. The molecule has 1 amide bonds. The van der Waals surface area contributed by atoms with Gasteiger partial charge in [0.15, 0.2) is 0 Å². The van der Waals surface area contributed by atoms with Gasteiger partial charge in [0.2, 0.25) is 0 Å². The number of nitrogens with one attached hydrogen (secondary N) is 2. The number of sulfonamides is 1. The summed E-state index contributed by atoms with van der Waals surface area (Å²) >= 11 is 0. The number of rotatable bonds is 5. The first-order chi connectivity index (χ1) is 15.2. The van der Waals surface area contributed by atoms with Crippen molar-refractivity contribution in [3.8, 4) is 11.4 Å². The zero-order chi connectivity index (χ0) is 23.0. The minimum atomic E-state index is -3.88. The van der Waals surface area contributed by atoms with Crippen LogP contribution in [0.4, 0.5) is 10.1 Å². The summed E-state index contributed by atoms with van der Waals surface area (Å²) in [4.78, 5) is 16.4. The van der Waals surface area contributed by atoms with Crippen molar-refractivity contribution in [2.75, 3.05) is 11.8 Å². The third-order valence-electron chi connectivity index (χ3n) is 5.21. The Morgan fingerprint density at radius 3 is 2.41 bits per heavy atom.